The summed E-state index contributed by atoms with van der Waals surface area (Å²) in [7, 11) is -3.60. The highest BCUT2D eigenvalue weighted by molar-refractivity contribution is 7.89. The molecule has 0 radical (unpaired) electrons. The molecule has 0 amide bonds. The van der Waals surface area contributed by atoms with Crippen LogP contribution in [-0.4, -0.2) is 15.0 Å². The maximum absolute atomic E-state index is 13.8. The van der Waals surface area contributed by atoms with Gasteiger partial charge in [-0.05, 0) is 43.4 Å². The van der Waals surface area contributed by atoms with Crippen molar-refractivity contribution in [3.8, 4) is 0 Å². The van der Waals surface area contributed by atoms with Crippen LogP contribution in [0.15, 0.2) is 17.0 Å². The van der Waals surface area contributed by atoms with Gasteiger partial charge in [-0.2, -0.15) is 0 Å². The second kappa shape index (κ2) is 6.85. The standard InChI is InChI=1S/C15H23FN2O2S/c1-11-7-14(8-13(9-17)15(11)16)21(19,20)18-10-12-5-3-2-4-6-12/h7-8,12,18H,2-6,9-10,17H2,1H3. The summed E-state index contributed by atoms with van der Waals surface area (Å²) in [6.07, 6.45) is 5.71. The molecule has 1 aliphatic carbocycles. The minimum atomic E-state index is -3.60. The van der Waals surface area contributed by atoms with Crippen molar-refractivity contribution in [3.05, 3.63) is 29.1 Å². The summed E-state index contributed by atoms with van der Waals surface area (Å²) in [5, 5.41) is 0. The van der Waals surface area contributed by atoms with Gasteiger partial charge in [0.15, 0.2) is 0 Å². The summed E-state index contributed by atoms with van der Waals surface area (Å²) in [5.41, 5.74) is 6.00. The maximum atomic E-state index is 13.8. The number of aryl methyl sites for hydroxylation is 1. The summed E-state index contributed by atoms with van der Waals surface area (Å²) in [6.45, 7) is 1.99. The SMILES string of the molecule is Cc1cc(S(=O)(=O)NCC2CCCCC2)cc(CN)c1F. The number of halogens is 1. The minimum absolute atomic E-state index is 0.0152. The van der Waals surface area contributed by atoms with E-state index in [1.165, 1.54) is 31.4 Å². The molecule has 3 N–H and O–H groups in total. The molecule has 0 unspecified atom stereocenters. The van der Waals surface area contributed by atoms with E-state index in [1.54, 1.807) is 6.92 Å². The lowest BCUT2D eigenvalue weighted by atomic mass is 9.90. The maximum Gasteiger partial charge on any atom is 0.240 e. The number of nitrogens with one attached hydrogen (secondary N) is 1. The molecule has 1 aromatic rings. The van der Waals surface area contributed by atoms with Crippen LogP contribution in [0.25, 0.3) is 0 Å². The van der Waals surface area contributed by atoms with Crippen LogP contribution in [0.5, 0.6) is 0 Å². The Morgan fingerprint density at radius 1 is 1.29 bits per heavy atom. The highest BCUT2D eigenvalue weighted by atomic mass is 32.2. The van der Waals surface area contributed by atoms with Crippen LogP contribution in [0.2, 0.25) is 0 Å². The van der Waals surface area contributed by atoms with Crippen molar-refractivity contribution in [1.29, 1.82) is 0 Å². The molecule has 0 spiro atoms. The van der Waals surface area contributed by atoms with Crippen molar-refractivity contribution in [2.24, 2.45) is 11.7 Å². The molecule has 0 atom stereocenters. The lowest BCUT2D eigenvalue weighted by molar-refractivity contribution is 0.357. The molecule has 1 aliphatic rings. The van der Waals surface area contributed by atoms with E-state index in [9.17, 15) is 12.8 Å². The summed E-state index contributed by atoms with van der Waals surface area (Å²) in [5.74, 6) is -0.0206. The highest BCUT2D eigenvalue weighted by Gasteiger charge is 2.20. The fraction of sp³-hybridized carbons (Fsp3) is 0.600. The average Bonchev–Trinajstić information content (AvgIpc) is 2.49. The zero-order valence-corrected chi connectivity index (χ0v) is 13.2. The first kappa shape index (κ1) is 16.4. The van der Waals surface area contributed by atoms with E-state index < -0.39 is 15.8 Å². The van der Waals surface area contributed by atoms with Gasteiger partial charge in [0, 0.05) is 18.7 Å². The van der Waals surface area contributed by atoms with E-state index in [2.05, 4.69) is 4.72 Å². The fourth-order valence-corrected chi connectivity index (χ4v) is 4.06. The highest BCUT2D eigenvalue weighted by Crippen LogP contribution is 2.24. The molecule has 0 aromatic heterocycles. The zero-order valence-electron chi connectivity index (χ0n) is 12.4. The molecule has 1 fully saturated rings. The van der Waals surface area contributed by atoms with Gasteiger partial charge in [0.25, 0.3) is 0 Å². The molecule has 0 bridgehead atoms. The summed E-state index contributed by atoms with van der Waals surface area (Å²) >= 11 is 0. The van der Waals surface area contributed by atoms with Crippen LogP contribution >= 0.6 is 0 Å². The molecule has 0 heterocycles. The summed E-state index contributed by atoms with van der Waals surface area (Å²) in [6, 6.07) is 2.68. The molecule has 4 nitrogen and oxygen atoms in total. The Bertz CT molecular complexity index is 596. The van der Waals surface area contributed by atoms with Gasteiger partial charge in [0.1, 0.15) is 5.82 Å². The van der Waals surface area contributed by atoms with Gasteiger partial charge in [-0.1, -0.05) is 19.3 Å². The van der Waals surface area contributed by atoms with E-state index in [-0.39, 0.29) is 17.0 Å². The van der Waals surface area contributed by atoms with E-state index in [4.69, 9.17) is 5.73 Å². The van der Waals surface area contributed by atoms with E-state index >= 15 is 0 Å². The number of hydrogen-bond donors (Lipinski definition) is 2. The second-order valence-electron chi connectivity index (χ2n) is 5.77. The Labute approximate surface area is 126 Å². The van der Waals surface area contributed by atoms with Crippen LogP contribution in [0, 0.1) is 18.7 Å². The Morgan fingerprint density at radius 2 is 1.95 bits per heavy atom. The second-order valence-corrected chi connectivity index (χ2v) is 7.54. The molecule has 6 heteroatoms. The molecule has 118 valence electrons. The van der Waals surface area contributed by atoms with Crippen LogP contribution in [0.4, 0.5) is 4.39 Å². The largest absolute Gasteiger partial charge is 0.326 e. The third kappa shape index (κ3) is 4.02. The number of rotatable bonds is 5. The van der Waals surface area contributed by atoms with Gasteiger partial charge in [0.2, 0.25) is 10.0 Å². The Balaban J connectivity index is 2.13. The van der Waals surface area contributed by atoms with E-state index in [0.29, 0.717) is 18.0 Å². The molecule has 1 saturated carbocycles. The molecule has 0 saturated heterocycles. The van der Waals surface area contributed by atoms with Crippen molar-refractivity contribution in [2.75, 3.05) is 6.54 Å². The van der Waals surface area contributed by atoms with Gasteiger partial charge < -0.3 is 5.73 Å². The lowest BCUT2D eigenvalue weighted by Gasteiger charge is -2.21. The Kier molecular flexibility index (Phi) is 5.35. The van der Waals surface area contributed by atoms with Gasteiger partial charge >= 0.3 is 0 Å². The number of sulfonamides is 1. The molecule has 0 aliphatic heterocycles. The Morgan fingerprint density at radius 3 is 2.57 bits per heavy atom. The van der Waals surface area contributed by atoms with Gasteiger partial charge in [-0.25, -0.2) is 17.5 Å². The van der Waals surface area contributed by atoms with Crippen LogP contribution in [-0.2, 0) is 16.6 Å². The average molecular weight is 314 g/mol. The van der Waals surface area contributed by atoms with Crippen LogP contribution < -0.4 is 10.5 Å². The number of benzene rings is 1. The van der Waals surface area contributed by atoms with Crippen molar-refractivity contribution in [2.45, 2.75) is 50.5 Å². The molecule has 1 aromatic carbocycles. The van der Waals surface area contributed by atoms with Crippen molar-refractivity contribution < 1.29 is 12.8 Å². The minimum Gasteiger partial charge on any atom is -0.326 e. The fourth-order valence-electron chi connectivity index (χ4n) is 2.81. The first-order valence-corrected chi connectivity index (χ1v) is 8.91. The first-order valence-electron chi connectivity index (χ1n) is 7.43. The predicted octanol–water partition coefficient (Wildman–Crippen LogP) is 2.45. The molecular formula is C15H23FN2O2S. The van der Waals surface area contributed by atoms with E-state index in [0.717, 1.165) is 12.8 Å². The lowest BCUT2D eigenvalue weighted by Crippen LogP contribution is -2.30. The number of hydrogen-bond acceptors (Lipinski definition) is 3. The normalized spacial score (nSPS) is 17.1. The third-order valence-corrected chi connectivity index (χ3v) is 5.52. The van der Waals surface area contributed by atoms with Gasteiger partial charge in [-0.3, -0.25) is 0 Å². The topological polar surface area (TPSA) is 72.2 Å². The quantitative estimate of drug-likeness (QED) is 0.877. The third-order valence-electron chi connectivity index (χ3n) is 4.12. The summed E-state index contributed by atoms with van der Waals surface area (Å²) < 4.78 is 41.1. The Hall–Kier alpha value is -0.980. The van der Waals surface area contributed by atoms with E-state index in [1.807, 2.05) is 0 Å². The monoisotopic (exact) mass is 314 g/mol. The van der Waals surface area contributed by atoms with Gasteiger partial charge in [0.05, 0.1) is 4.90 Å². The number of nitrogens with two attached hydrogens (primary N) is 1. The van der Waals surface area contributed by atoms with Crippen LogP contribution in [0.1, 0.15) is 43.2 Å². The smallest absolute Gasteiger partial charge is 0.240 e. The molecular weight excluding hydrogens is 291 g/mol. The molecule has 21 heavy (non-hydrogen) atoms. The van der Waals surface area contributed by atoms with Crippen LogP contribution in [0.3, 0.4) is 0 Å². The van der Waals surface area contributed by atoms with Gasteiger partial charge in [-0.15, -0.1) is 0 Å². The van der Waals surface area contributed by atoms with Crippen molar-refractivity contribution in [3.63, 3.8) is 0 Å². The van der Waals surface area contributed by atoms with Crippen molar-refractivity contribution in [1.82, 2.24) is 4.72 Å². The predicted molar refractivity (Wildman–Crippen MR) is 80.8 cm³/mol. The first-order chi connectivity index (χ1) is 9.94. The molecule has 2 rings (SSSR count). The van der Waals surface area contributed by atoms with Crippen molar-refractivity contribution >= 4 is 10.0 Å². The zero-order chi connectivity index (χ0) is 15.5. The summed E-state index contributed by atoms with van der Waals surface area (Å²) in [4.78, 5) is 0.0951.